The summed E-state index contributed by atoms with van der Waals surface area (Å²) < 4.78 is 13.2. The molecule has 10 heteroatoms. The monoisotopic (exact) mass is 739 g/mol. The molecule has 4 atom stereocenters. The smallest absolute Gasteiger partial charge is 0.263 e. The molecule has 9 nitrogen and oxygen atoms in total. The van der Waals surface area contributed by atoms with Crippen molar-refractivity contribution in [1.29, 1.82) is 0 Å². The number of methoxy groups -OCH3 is 1. The van der Waals surface area contributed by atoms with E-state index in [4.69, 9.17) is 9.47 Å². The normalized spacial score (nSPS) is 36.1. The van der Waals surface area contributed by atoms with Crippen LogP contribution in [0.1, 0.15) is 129 Å². The zero-order valence-electron chi connectivity index (χ0n) is 32.9. The molecule has 292 valence electrons. The number of carbonyl (C=O) groups excluding carboxylic acids is 3. The highest BCUT2D eigenvalue weighted by atomic mass is 28.3. The number of likely N-dealkylation sites (tertiary alicyclic amines) is 1. The SMILES string of the molecule is COC1CCC([Si](C)(C)[C@@H]2[C@@H](CC(=O)N(CCO)CC3CCCCC3)O[C@]3(C(=O)N(CC4CCC(N5CCC5=O)CC4)C4=C3CCCC4)[C@H]2C)CC1. The van der Waals surface area contributed by atoms with Gasteiger partial charge in [-0.15, -0.1) is 0 Å². The number of rotatable bonds is 12. The minimum absolute atomic E-state index is 0.00511. The molecule has 2 saturated heterocycles. The van der Waals surface area contributed by atoms with E-state index in [0.717, 1.165) is 110 Å². The van der Waals surface area contributed by atoms with Crippen LogP contribution in [0.4, 0.5) is 0 Å². The minimum Gasteiger partial charge on any atom is -0.395 e. The summed E-state index contributed by atoms with van der Waals surface area (Å²) in [5, 5.41) is 10.1. The Hall–Kier alpha value is -1.75. The molecular weight excluding hydrogens is 671 g/mol. The standard InChI is InChI=1S/C42H69N3O6Si/c1-29-40(52(3,4)34-20-18-33(50-2)19-21-34)37(26-39(48)43(24-25-46)27-30-10-6-5-7-11-30)51-42(29)35-12-8-9-13-36(35)45(41(42)49)28-31-14-16-32(17-15-31)44-23-22-38(44)47/h29-34,37,40,46H,5-28H2,1-4H3/t29-,31?,32?,33?,34?,37+,40-,42+/m0/s1. The lowest BCUT2D eigenvalue weighted by molar-refractivity contribution is -0.152. The fourth-order valence-corrected chi connectivity index (χ4v) is 17.5. The second-order valence-electron chi connectivity index (χ2n) is 18.6. The van der Waals surface area contributed by atoms with Crippen LogP contribution in [0.3, 0.4) is 0 Å². The predicted molar refractivity (Wildman–Crippen MR) is 205 cm³/mol. The summed E-state index contributed by atoms with van der Waals surface area (Å²) in [5.74, 6) is 1.47. The first-order chi connectivity index (χ1) is 25.1. The predicted octanol–water partition coefficient (Wildman–Crippen LogP) is 7.05. The van der Waals surface area contributed by atoms with E-state index in [-0.39, 0.29) is 36.0 Å². The first-order valence-electron chi connectivity index (χ1n) is 21.5. The highest BCUT2D eigenvalue weighted by Crippen LogP contribution is 2.61. The number of nitrogens with zero attached hydrogens (tertiary/aromatic N) is 3. The molecule has 5 fully saturated rings. The summed E-state index contributed by atoms with van der Waals surface area (Å²) >= 11 is 0. The molecule has 1 N–H and O–H groups in total. The van der Waals surface area contributed by atoms with Crippen LogP contribution < -0.4 is 0 Å². The molecule has 0 aromatic carbocycles. The Bertz CT molecular complexity index is 1330. The van der Waals surface area contributed by atoms with Crippen LogP contribution in [0.25, 0.3) is 0 Å². The van der Waals surface area contributed by atoms with Crippen molar-refractivity contribution in [2.24, 2.45) is 17.8 Å². The van der Waals surface area contributed by atoms with E-state index in [1.165, 1.54) is 30.5 Å². The highest BCUT2D eigenvalue weighted by Gasteiger charge is 2.67. The molecule has 0 aromatic rings. The average Bonchev–Trinajstić information content (AvgIpc) is 3.58. The number of hydrogen-bond acceptors (Lipinski definition) is 6. The second-order valence-corrected chi connectivity index (χ2v) is 23.7. The van der Waals surface area contributed by atoms with Crippen LogP contribution in [-0.2, 0) is 23.9 Å². The van der Waals surface area contributed by atoms with Crippen molar-refractivity contribution in [3.05, 3.63) is 11.3 Å². The number of ether oxygens (including phenoxy) is 2. The van der Waals surface area contributed by atoms with Crippen LogP contribution in [0, 0.1) is 17.8 Å². The lowest BCUT2D eigenvalue weighted by Gasteiger charge is -2.45. The van der Waals surface area contributed by atoms with E-state index in [0.29, 0.717) is 54.8 Å². The van der Waals surface area contributed by atoms with Gasteiger partial charge in [0.25, 0.3) is 5.91 Å². The van der Waals surface area contributed by atoms with Gasteiger partial charge in [0.05, 0.1) is 33.3 Å². The van der Waals surface area contributed by atoms with Gasteiger partial charge < -0.3 is 29.3 Å². The maximum atomic E-state index is 15.3. The number of fused-ring (bicyclic) bond motifs is 1. The molecule has 0 unspecified atom stereocenters. The van der Waals surface area contributed by atoms with Gasteiger partial charge in [-0.1, -0.05) is 52.1 Å². The van der Waals surface area contributed by atoms with E-state index >= 15 is 4.79 Å². The molecule has 3 heterocycles. The van der Waals surface area contributed by atoms with Crippen molar-refractivity contribution >= 4 is 25.8 Å². The number of amides is 3. The van der Waals surface area contributed by atoms with Gasteiger partial charge in [0, 0.05) is 57.4 Å². The van der Waals surface area contributed by atoms with E-state index in [1.807, 2.05) is 12.0 Å². The Labute approximate surface area is 314 Å². The Morgan fingerprint density at radius 1 is 0.923 bits per heavy atom. The molecule has 0 radical (unpaired) electrons. The summed E-state index contributed by atoms with van der Waals surface area (Å²) in [6.45, 7) is 10.1. The lowest BCUT2D eigenvalue weighted by Crippen LogP contribution is -2.52. The van der Waals surface area contributed by atoms with Crippen molar-refractivity contribution in [3.63, 3.8) is 0 Å². The third-order valence-electron chi connectivity index (χ3n) is 15.5. The zero-order valence-corrected chi connectivity index (χ0v) is 33.9. The van der Waals surface area contributed by atoms with Gasteiger partial charge in [-0.05, 0) is 106 Å². The van der Waals surface area contributed by atoms with Gasteiger partial charge in [0.15, 0.2) is 5.60 Å². The first kappa shape index (κ1) is 38.5. The van der Waals surface area contributed by atoms with Crippen molar-refractivity contribution < 1.29 is 29.0 Å². The van der Waals surface area contributed by atoms with Crippen LogP contribution in [0.5, 0.6) is 0 Å². The molecule has 52 heavy (non-hydrogen) atoms. The molecule has 7 rings (SSSR count). The number of carbonyl (C=O) groups is 3. The average molecular weight is 740 g/mol. The summed E-state index contributed by atoms with van der Waals surface area (Å²) in [5.41, 5.74) is 2.26. The second kappa shape index (κ2) is 16.2. The summed E-state index contributed by atoms with van der Waals surface area (Å²) in [6.07, 6.45) is 19.7. The van der Waals surface area contributed by atoms with E-state index in [1.54, 1.807) is 0 Å². The van der Waals surface area contributed by atoms with E-state index < -0.39 is 13.7 Å². The van der Waals surface area contributed by atoms with Crippen molar-refractivity contribution in [2.75, 3.05) is 39.9 Å². The molecule has 3 aliphatic heterocycles. The van der Waals surface area contributed by atoms with Crippen molar-refractivity contribution in [3.8, 4) is 0 Å². The molecular formula is C42H69N3O6Si. The molecule has 7 aliphatic rings. The van der Waals surface area contributed by atoms with Gasteiger partial charge in [0.2, 0.25) is 11.8 Å². The van der Waals surface area contributed by atoms with Gasteiger partial charge in [-0.25, -0.2) is 0 Å². The lowest BCUT2D eigenvalue weighted by atomic mass is 9.78. The van der Waals surface area contributed by atoms with Crippen molar-refractivity contribution in [1.82, 2.24) is 14.7 Å². The van der Waals surface area contributed by atoms with E-state index in [2.05, 4.69) is 29.8 Å². The molecule has 3 amide bonds. The van der Waals surface area contributed by atoms with Gasteiger partial charge in [-0.3, -0.25) is 14.4 Å². The number of allylic oxidation sites excluding steroid dienone is 1. The Morgan fingerprint density at radius 3 is 2.27 bits per heavy atom. The maximum Gasteiger partial charge on any atom is 0.263 e. The van der Waals surface area contributed by atoms with Gasteiger partial charge in [-0.2, -0.15) is 0 Å². The Balaban J connectivity index is 1.15. The summed E-state index contributed by atoms with van der Waals surface area (Å²) in [6, 6.07) is 0.370. The number of hydrogen-bond donors (Lipinski definition) is 1. The Morgan fingerprint density at radius 2 is 1.63 bits per heavy atom. The van der Waals surface area contributed by atoms with Crippen molar-refractivity contribution in [2.45, 2.75) is 177 Å². The molecule has 4 aliphatic carbocycles. The van der Waals surface area contributed by atoms with E-state index in [9.17, 15) is 14.7 Å². The maximum absolute atomic E-state index is 15.3. The highest BCUT2D eigenvalue weighted by molar-refractivity contribution is 6.80. The fraction of sp³-hybridized carbons (Fsp3) is 0.881. The molecule has 0 aromatic heterocycles. The summed E-state index contributed by atoms with van der Waals surface area (Å²) in [4.78, 5) is 48.0. The molecule has 1 spiro atoms. The molecule has 3 saturated carbocycles. The zero-order chi connectivity index (χ0) is 36.6. The van der Waals surface area contributed by atoms with Crippen LogP contribution >= 0.6 is 0 Å². The minimum atomic E-state index is -2.09. The first-order valence-corrected chi connectivity index (χ1v) is 24.7. The van der Waals surface area contributed by atoms with Crippen LogP contribution in [0.2, 0.25) is 24.2 Å². The number of β-lactam (4-membered cyclic amide) rings is 1. The Kier molecular flexibility index (Phi) is 12.0. The van der Waals surface area contributed by atoms with Gasteiger partial charge >= 0.3 is 0 Å². The number of aliphatic hydroxyl groups excluding tert-OH is 1. The van der Waals surface area contributed by atoms with Gasteiger partial charge in [0.1, 0.15) is 0 Å². The summed E-state index contributed by atoms with van der Waals surface area (Å²) in [7, 11) is -0.257. The molecule has 0 bridgehead atoms. The quantitative estimate of drug-likeness (QED) is 0.170. The third kappa shape index (κ3) is 7.21. The fourth-order valence-electron chi connectivity index (χ4n) is 12.5. The van der Waals surface area contributed by atoms with Crippen LogP contribution in [-0.4, -0.2) is 109 Å². The number of aliphatic hydroxyl groups is 1. The third-order valence-corrected chi connectivity index (χ3v) is 20.8. The largest absolute Gasteiger partial charge is 0.395 e. The topological polar surface area (TPSA) is 99.6 Å². The van der Waals surface area contributed by atoms with Crippen LogP contribution in [0.15, 0.2) is 11.3 Å².